The van der Waals surface area contributed by atoms with Gasteiger partial charge in [-0.1, -0.05) is 140 Å². The standard InChI is InChI=1S/C32H12BF24.C30H22N/c34-25(35,36)13-1-14(26(37,38)39)6-21(5-13)33(22-7-15(27(40,41)42)2-16(8-22)28(43,44)45,23-9-17(29(46,47)48)3-18(10-23)30(49,50)51)24-11-19(31(52,53)54)4-20(12-24)32(55,56)57;1-2-10-22(11-3-1)21-31-28-17-9-6-12-23(28)18-19-29(31)30-26-15-7-4-13-24(26)20-25-14-5-8-16-27(25)30/h1-12H;1-20H,21H2/q-1;+1. The summed E-state index contributed by atoms with van der Waals surface area (Å²) in [7, 11) is 0. The molecule has 9 aromatic carbocycles. The highest BCUT2D eigenvalue weighted by Gasteiger charge is 2.47. The normalized spacial score (nSPS) is 13.3. The van der Waals surface area contributed by atoms with Crippen LogP contribution in [0.1, 0.15) is 50.1 Å². The first kappa shape index (κ1) is 63.8. The van der Waals surface area contributed by atoms with E-state index in [9.17, 15) is 105 Å². The number of nitrogens with zero attached hydrogens (tertiary/aromatic N) is 1. The molecule has 0 saturated carbocycles. The van der Waals surface area contributed by atoms with Gasteiger partial charge in [0.25, 0.3) is 0 Å². The number of aromatic nitrogens is 1. The lowest BCUT2D eigenvalue weighted by Gasteiger charge is -2.46. The van der Waals surface area contributed by atoms with Crippen LogP contribution >= 0.6 is 0 Å². The van der Waals surface area contributed by atoms with E-state index >= 15 is 0 Å². The quantitative estimate of drug-likeness (QED) is 0.0648. The molecule has 1 heterocycles. The van der Waals surface area contributed by atoms with Crippen molar-refractivity contribution in [3.63, 3.8) is 0 Å². The molecule has 10 rings (SSSR count). The Balaban J connectivity index is 0.000000246. The Kier molecular flexibility index (Phi) is 16.3. The van der Waals surface area contributed by atoms with Crippen molar-refractivity contribution in [1.29, 1.82) is 0 Å². The molecule has 0 saturated heterocycles. The summed E-state index contributed by atoms with van der Waals surface area (Å²) in [5, 5.41) is 6.38. The lowest BCUT2D eigenvalue weighted by molar-refractivity contribution is -0.651. The van der Waals surface area contributed by atoms with E-state index in [0.29, 0.717) is 0 Å². The van der Waals surface area contributed by atoms with Crippen LogP contribution in [-0.4, -0.2) is 6.15 Å². The highest BCUT2D eigenvalue weighted by atomic mass is 19.4. The van der Waals surface area contributed by atoms with E-state index in [-0.39, 0.29) is 0 Å². The molecule has 0 aliphatic carbocycles. The van der Waals surface area contributed by atoms with Crippen molar-refractivity contribution in [2.24, 2.45) is 0 Å². The third kappa shape index (κ3) is 13.1. The number of para-hydroxylation sites is 1. The number of alkyl halides is 24. The van der Waals surface area contributed by atoms with Gasteiger partial charge in [-0.3, -0.25) is 0 Å². The molecule has 0 fully saturated rings. The largest absolute Gasteiger partial charge is 0.416 e. The minimum atomic E-state index is -6.13. The lowest BCUT2D eigenvalue weighted by Crippen LogP contribution is -2.75. The molecule has 10 aromatic rings. The maximum atomic E-state index is 14.2. The second-order valence-corrected chi connectivity index (χ2v) is 20.3. The van der Waals surface area contributed by atoms with Crippen molar-refractivity contribution in [3.05, 3.63) is 244 Å². The fraction of sp³-hybridized carbons (Fsp3) is 0.145. The summed E-state index contributed by atoms with van der Waals surface area (Å²) < 4.78 is 343. The van der Waals surface area contributed by atoms with Gasteiger partial charge in [0.15, 0.2) is 6.54 Å². The molecule has 0 bridgehead atoms. The molecule has 0 unspecified atom stereocenters. The topological polar surface area (TPSA) is 3.88 Å². The van der Waals surface area contributed by atoms with Gasteiger partial charge in [0.2, 0.25) is 11.2 Å². The Morgan fingerprint density at radius 1 is 0.261 bits per heavy atom. The van der Waals surface area contributed by atoms with Crippen LogP contribution in [0.4, 0.5) is 105 Å². The molecule has 0 N–H and O–H groups in total. The Hall–Kier alpha value is -8.71. The van der Waals surface area contributed by atoms with Crippen molar-refractivity contribution < 1.29 is 110 Å². The summed E-state index contributed by atoms with van der Waals surface area (Å²) in [5.41, 5.74) is -25.1. The molecule has 0 aliphatic heterocycles. The number of fused-ring (bicyclic) bond motifs is 3. The Morgan fingerprint density at radius 3 is 0.841 bits per heavy atom. The van der Waals surface area contributed by atoms with Gasteiger partial charge in [0.1, 0.15) is 6.15 Å². The van der Waals surface area contributed by atoms with E-state index in [1.54, 1.807) is 0 Å². The molecule has 0 amide bonds. The van der Waals surface area contributed by atoms with Crippen LogP contribution in [0.3, 0.4) is 0 Å². The predicted molar refractivity (Wildman–Crippen MR) is 280 cm³/mol. The van der Waals surface area contributed by atoms with Gasteiger partial charge in [0, 0.05) is 23.1 Å². The highest BCUT2D eigenvalue weighted by Crippen LogP contribution is 2.43. The van der Waals surface area contributed by atoms with Crippen LogP contribution in [-0.2, 0) is 56.0 Å². The first-order valence-electron chi connectivity index (χ1n) is 25.4. The minimum absolute atomic E-state index is 0.691. The Labute approximate surface area is 480 Å². The summed E-state index contributed by atoms with van der Waals surface area (Å²) in [6.07, 6.45) is -54.8. The predicted octanol–water partition coefficient (Wildman–Crippen LogP) is 18.4. The lowest BCUT2D eigenvalue weighted by atomic mass is 9.12. The molecule has 0 atom stereocenters. The summed E-state index contributed by atoms with van der Waals surface area (Å²) in [4.78, 5) is 0. The SMILES string of the molecule is FC(F)(F)c1cc([B-](c2cc(C(F)(F)F)cc(C(F)(F)F)c2)(c2cc(C(F)(F)F)cc(C(F)(F)F)c2)c2cc(C(F)(F)F)cc(C(F)(F)F)c2)cc(C(F)(F)F)c1.c1ccc(C[n+]2c(-c3c4ccccc4cc4ccccc34)ccc3ccccc32)cc1. The summed E-state index contributed by atoms with van der Waals surface area (Å²) in [6.45, 7) is 0.828. The van der Waals surface area contributed by atoms with E-state index in [2.05, 4.69) is 126 Å². The van der Waals surface area contributed by atoms with Crippen molar-refractivity contribution in [3.8, 4) is 11.3 Å². The van der Waals surface area contributed by atoms with Crippen molar-refractivity contribution >= 4 is 60.4 Å². The van der Waals surface area contributed by atoms with Gasteiger partial charge < -0.3 is 0 Å². The molecular weight excluding hydrogens is 1230 g/mol. The third-order valence-electron chi connectivity index (χ3n) is 14.6. The van der Waals surface area contributed by atoms with E-state index in [1.807, 2.05) is 0 Å². The molecule has 458 valence electrons. The van der Waals surface area contributed by atoms with E-state index in [1.165, 1.54) is 49.3 Å². The summed E-state index contributed by atoms with van der Waals surface area (Å²) in [6, 6.07) is 34.9. The van der Waals surface area contributed by atoms with Gasteiger partial charge in [-0.2, -0.15) is 132 Å². The molecule has 26 heteroatoms. The molecule has 0 radical (unpaired) electrons. The number of benzene rings is 9. The highest BCUT2D eigenvalue weighted by molar-refractivity contribution is 7.20. The van der Waals surface area contributed by atoms with Crippen LogP contribution in [0.5, 0.6) is 0 Å². The van der Waals surface area contributed by atoms with Crippen molar-refractivity contribution in [1.82, 2.24) is 0 Å². The maximum Gasteiger partial charge on any atom is 0.416 e. The molecule has 88 heavy (non-hydrogen) atoms. The van der Waals surface area contributed by atoms with Crippen LogP contribution in [0, 0.1) is 0 Å². The fourth-order valence-electron chi connectivity index (χ4n) is 10.8. The van der Waals surface area contributed by atoms with Crippen LogP contribution < -0.4 is 26.4 Å². The zero-order valence-electron chi connectivity index (χ0n) is 43.8. The molecule has 0 aliphatic rings. The monoisotopic (exact) mass is 1260 g/mol. The Bertz CT molecular complexity index is 3750. The van der Waals surface area contributed by atoms with Crippen LogP contribution in [0.25, 0.3) is 43.7 Å². The molecule has 1 nitrogen and oxygen atoms in total. The zero-order chi connectivity index (χ0) is 64.5. The average molecular weight is 1260 g/mol. The van der Waals surface area contributed by atoms with Gasteiger partial charge in [-0.25, -0.2) is 0 Å². The zero-order valence-corrected chi connectivity index (χ0v) is 43.8. The van der Waals surface area contributed by atoms with E-state index in [4.69, 9.17) is 0 Å². The maximum absolute atomic E-state index is 14.2. The smallest absolute Gasteiger partial charge is 0.194 e. The van der Waals surface area contributed by atoms with Crippen molar-refractivity contribution in [2.75, 3.05) is 0 Å². The van der Waals surface area contributed by atoms with E-state index in [0.717, 1.165) is 6.54 Å². The minimum Gasteiger partial charge on any atom is -0.194 e. The number of hydrogen-bond acceptors (Lipinski definition) is 0. The van der Waals surface area contributed by atoms with Crippen molar-refractivity contribution in [2.45, 2.75) is 56.0 Å². The van der Waals surface area contributed by atoms with E-state index < -0.39 is 195 Å². The third-order valence-corrected chi connectivity index (χ3v) is 14.6. The van der Waals surface area contributed by atoms with Gasteiger partial charge in [-0.05, 0) is 64.0 Å². The number of pyridine rings is 1. The second kappa shape index (κ2) is 22.5. The van der Waals surface area contributed by atoms with Gasteiger partial charge in [-0.15, -0.1) is 0 Å². The first-order valence-corrected chi connectivity index (χ1v) is 25.4. The van der Waals surface area contributed by atoms with Crippen LogP contribution in [0.15, 0.2) is 194 Å². The fourth-order valence-corrected chi connectivity index (χ4v) is 10.8. The Morgan fingerprint density at radius 2 is 0.534 bits per heavy atom. The van der Waals surface area contributed by atoms with Crippen LogP contribution in [0.2, 0.25) is 0 Å². The van der Waals surface area contributed by atoms with Gasteiger partial charge in [0.05, 0.1) is 50.1 Å². The summed E-state index contributed by atoms with van der Waals surface area (Å²) in [5.74, 6) is 0. The molecule has 1 aromatic heterocycles. The second-order valence-electron chi connectivity index (χ2n) is 20.3. The number of rotatable bonds is 7. The summed E-state index contributed by atoms with van der Waals surface area (Å²) >= 11 is 0. The molecular formula is C62H34BF24N. The molecule has 0 spiro atoms. The number of halogens is 24. The van der Waals surface area contributed by atoms with Gasteiger partial charge >= 0.3 is 49.4 Å². The number of hydrogen-bond donors (Lipinski definition) is 0. The average Bonchev–Trinajstić information content (AvgIpc) is 0.725. The first-order chi connectivity index (χ1) is 40.6.